The van der Waals surface area contributed by atoms with Gasteiger partial charge >= 0.3 is 0 Å². The summed E-state index contributed by atoms with van der Waals surface area (Å²) in [4.78, 5) is 4.08. The predicted molar refractivity (Wildman–Crippen MR) is 62.8 cm³/mol. The molecular formula is C12H17ClN2. The summed E-state index contributed by atoms with van der Waals surface area (Å²) in [5.41, 5.74) is 7.35. The van der Waals surface area contributed by atoms with E-state index in [-0.39, 0.29) is 6.04 Å². The van der Waals surface area contributed by atoms with Gasteiger partial charge in [-0.25, -0.2) is 4.98 Å². The molecule has 82 valence electrons. The first kappa shape index (κ1) is 10.9. The highest BCUT2D eigenvalue weighted by atomic mass is 35.5. The van der Waals surface area contributed by atoms with Gasteiger partial charge < -0.3 is 5.73 Å². The van der Waals surface area contributed by atoms with Crippen molar-refractivity contribution in [1.29, 1.82) is 0 Å². The molecule has 0 aliphatic heterocycles. The zero-order chi connectivity index (χ0) is 10.7. The van der Waals surface area contributed by atoms with Gasteiger partial charge in [-0.05, 0) is 30.4 Å². The summed E-state index contributed by atoms with van der Waals surface area (Å²) in [7, 11) is 0. The van der Waals surface area contributed by atoms with Gasteiger partial charge in [0.2, 0.25) is 0 Å². The van der Waals surface area contributed by atoms with Crippen LogP contribution in [0.3, 0.4) is 0 Å². The smallest absolute Gasteiger partial charge is 0.129 e. The van der Waals surface area contributed by atoms with Crippen LogP contribution in [0, 0.1) is 5.92 Å². The Bertz CT molecular complexity index is 304. The second kappa shape index (κ2) is 4.95. The molecule has 1 atom stereocenters. The van der Waals surface area contributed by atoms with E-state index in [1.54, 1.807) is 0 Å². The second-order valence-corrected chi connectivity index (χ2v) is 4.73. The molecular weight excluding hydrogens is 208 g/mol. The topological polar surface area (TPSA) is 38.9 Å². The van der Waals surface area contributed by atoms with Crippen LogP contribution in [0.2, 0.25) is 5.15 Å². The molecule has 0 saturated heterocycles. The number of nitrogens with two attached hydrogens (primary N) is 1. The number of hydrogen-bond acceptors (Lipinski definition) is 2. The van der Waals surface area contributed by atoms with Gasteiger partial charge in [-0.3, -0.25) is 0 Å². The lowest BCUT2D eigenvalue weighted by Crippen LogP contribution is -2.23. The number of halogens is 1. The molecule has 0 spiro atoms. The Kier molecular flexibility index (Phi) is 3.60. The number of rotatable bonds is 2. The molecule has 3 heteroatoms. The summed E-state index contributed by atoms with van der Waals surface area (Å²) in [5, 5.41) is 0.537. The van der Waals surface area contributed by atoms with Gasteiger partial charge in [0.15, 0.2) is 0 Å². The van der Waals surface area contributed by atoms with Crippen LogP contribution in [-0.4, -0.2) is 4.98 Å². The van der Waals surface area contributed by atoms with Crippen LogP contribution >= 0.6 is 11.6 Å². The van der Waals surface area contributed by atoms with Crippen LogP contribution < -0.4 is 5.73 Å². The highest BCUT2D eigenvalue weighted by Gasteiger charge is 2.21. The summed E-state index contributed by atoms with van der Waals surface area (Å²) in [6, 6.07) is 3.95. The van der Waals surface area contributed by atoms with E-state index in [1.807, 2.05) is 18.3 Å². The number of nitrogens with zero attached hydrogens (tertiary/aromatic N) is 1. The number of hydrogen-bond donors (Lipinski definition) is 1. The zero-order valence-corrected chi connectivity index (χ0v) is 9.58. The van der Waals surface area contributed by atoms with Crippen LogP contribution in [-0.2, 0) is 0 Å². The molecule has 0 aromatic carbocycles. The fraction of sp³-hybridized carbons (Fsp3) is 0.583. The van der Waals surface area contributed by atoms with Crippen molar-refractivity contribution < 1.29 is 0 Å². The van der Waals surface area contributed by atoms with E-state index in [0.717, 1.165) is 5.56 Å². The fourth-order valence-corrected chi connectivity index (χ4v) is 2.46. The third-order valence-corrected chi connectivity index (χ3v) is 3.52. The lowest BCUT2D eigenvalue weighted by atomic mass is 9.82. The first-order chi connectivity index (χ1) is 7.27. The van der Waals surface area contributed by atoms with E-state index in [2.05, 4.69) is 4.98 Å². The lowest BCUT2D eigenvalue weighted by molar-refractivity contribution is 0.308. The zero-order valence-electron chi connectivity index (χ0n) is 8.82. The van der Waals surface area contributed by atoms with Crippen LogP contribution in [0.5, 0.6) is 0 Å². The average Bonchev–Trinajstić information content (AvgIpc) is 2.30. The Morgan fingerprint density at radius 1 is 1.27 bits per heavy atom. The molecule has 0 amide bonds. The van der Waals surface area contributed by atoms with E-state index < -0.39 is 0 Å². The van der Waals surface area contributed by atoms with Crippen molar-refractivity contribution in [3.8, 4) is 0 Å². The van der Waals surface area contributed by atoms with Crippen molar-refractivity contribution in [2.24, 2.45) is 11.7 Å². The third-order valence-electron chi connectivity index (χ3n) is 3.29. The largest absolute Gasteiger partial charge is 0.324 e. The molecule has 1 heterocycles. The average molecular weight is 225 g/mol. The highest BCUT2D eigenvalue weighted by molar-refractivity contribution is 6.29. The number of pyridine rings is 1. The Hall–Kier alpha value is -0.600. The SMILES string of the molecule is NC(c1ccc(Cl)nc1)C1CCCCC1. The van der Waals surface area contributed by atoms with E-state index in [0.29, 0.717) is 11.1 Å². The molecule has 1 unspecified atom stereocenters. The third kappa shape index (κ3) is 2.70. The van der Waals surface area contributed by atoms with Crippen molar-refractivity contribution >= 4 is 11.6 Å². The Morgan fingerprint density at radius 3 is 2.60 bits per heavy atom. The highest BCUT2D eigenvalue weighted by Crippen LogP contribution is 2.32. The molecule has 1 aromatic rings. The predicted octanol–water partition coefficient (Wildman–Crippen LogP) is 3.32. The monoisotopic (exact) mass is 224 g/mol. The molecule has 1 aliphatic rings. The van der Waals surface area contributed by atoms with Gasteiger partial charge in [-0.2, -0.15) is 0 Å². The molecule has 1 aliphatic carbocycles. The Balaban J connectivity index is 2.05. The van der Waals surface area contributed by atoms with Crippen molar-refractivity contribution in [3.05, 3.63) is 29.0 Å². The van der Waals surface area contributed by atoms with Crippen LogP contribution in [0.25, 0.3) is 0 Å². The van der Waals surface area contributed by atoms with Gasteiger partial charge in [0.05, 0.1) is 0 Å². The van der Waals surface area contributed by atoms with Crippen LogP contribution in [0.1, 0.15) is 43.7 Å². The normalized spacial score (nSPS) is 20.1. The van der Waals surface area contributed by atoms with E-state index in [1.165, 1.54) is 32.1 Å². The van der Waals surface area contributed by atoms with Crippen LogP contribution in [0.15, 0.2) is 18.3 Å². The van der Waals surface area contributed by atoms with Gasteiger partial charge in [0.1, 0.15) is 5.15 Å². The molecule has 2 rings (SSSR count). The first-order valence-corrected chi connectivity index (χ1v) is 6.02. The van der Waals surface area contributed by atoms with Crippen molar-refractivity contribution in [2.75, 3.05) is 0 Å². The standard InChI is InChI=1S/C12H17ClN2/c13-11-7-6-10(8-15-11)12(14)9-4-2-1-3-5-9/h6-9,12H,1-5,14H2. The molecule has 0 radical (unpaired) electrons. The summed E-state index contributed by atoms with van der Waals surface area (Å²) in [5.74, 6) is 0.627. The summed E-state index contributed by atoms with van der Waals surface area (Å²) in [6.07, 6.45) is 8.32. The maximum Gasteiger partial charge on any atom is 0.129 e. The minimum atomic E-state index is 0.134. The van der Waals surface area contributed by atoms with Gasteiger partial charge in [-0.1, -0.05) is 36.9 Å². The molecule has 1 fully saturated rings. The van der Waals surface area contributed by atoms with Gasteiger partial charge in [-0.15, -0.1) is 0 Å². The van der Waals surface area contributed by atoms with Gasteiger partial charge in [0.25, 0.3) is 0 Å². The van der Waals surface area contributed by atoms with Crippen molar-refractivity contribution in [1.82, 2.24) is 4.98 Å². The molecule has 0 bridgehead atoms. The van der Waals surface area contributed by atoms with Crippen molar-refractivity contribution in [2.45, 2.75) is 38.1 Å². The summed E-state index contributed by atoms with van der Waals surface area (Å²) < 4.78 is 0. The quantitative estimate of drug-likeness (QED) is 0.783. The molecule has 2 N–H and O–H groups in total. The molecule has 1 aromatic heterocycles. The fourth-order valence-electron chi connectivity index (χ4n) is 2.35. The molecule has 15 heavy (non-hydrogen) atoms. The maximum atomic E-state index is 6.24. The minimum absolute atomic E-state index is 0.134. The Morgan fingerprint density at radius 2 is 2.00 bits per heavy atom. The summed E-state index contributed by atoms with van der Waals surface area (Å²) in [6.45, 7) is 0. The molecule has 1 saturated carbocycles. The first-order valence-electron chi connectivity index (χ1n) is 5.64. The second-order valence-electron chi connectivity index (χ2n) is 4.34. The Labute approximate surface area is 95.8 Å². The van der Waals surface area contributed by atoms with E-state index >= 15 is 0 Å². The lowest BCUT2D eigenvalue weighted by Gasteiger charge is -2.27. The maximum absolute atomic E-state index is 6.24. The van der Waals surface area contributed by atoms with E-state index in [9.17, 15) is 0 Å². The van der Waals surface area contributed by atoms with Crippen molar-refractivity contribution in [3.63, 3.8) is 0 Å². The van der Waals surface area contributed by atoms with Gasteiger partial charge in [0, 0.05) is 12.2 Å². The number of aromatic nitrogens is 1. The summed E-state index contributed by atoms with van der Waals surface area (Å²) >= 11 is 5.75. The molecule has 2 nitrogen and oxygen atoms in total. The minimum Gasteiger partial charge on any atom is -0.324 e. The van der Waals surface area contributed by atoms with E-state index in [4.69, 9.17) is 17.3 Å². The van der Waals surface area contributed by atoms with Crippen LogP contribution in [0.4, 0.5) is 0 Å².